The van der Waals surface area contributed by atoms with Crippen molar-refractivity contribution < 1.29 is 0 Å². The molecule has 12 rings (SSSR count). The van der Waals surface area contributed by atoms with Gasteiger partial charge in [0.25, 0.3) is 0 Å². The zero-order valence-electron chi connectivity index (χ0n) is 43.4. The van der Waals surface area contributed by atoms with Gasteiger partial charge in [0.1, 0.15) is 0 Å². The van der Waals surface area contributed by atoms with E-state index in [0.29, 0.717) is 0 Å². The minimum atomic E-state index is -0.118. The molecule has 0 aliphatic heterocycles. The smallest absolute Gasteiger partial charge is 0.0546 e. The maximum absolute atomic E-state index is 2.57. The van der Waals surface area contributed by atoms with Crippen LogP contribution >= 0.6 is 0 Å². The van der Waals surface area contributed by atoms with Crippen molar-refractivity contribution in [1.29, 1.82) is 0 Å². The molecule has 12 aromatic carbocycles. The highest BCUT2D eigenvalue weighted by molar-refractivity contribution is 6.30. The van der Waals surface area contributed by atoms with E-state index in [9.17, 15) is 0 Å². The van der Waals surface area contributed by atoms with Crippen LogP contribution in [0.2, 0.25) is 0 Å². The Kier molecular flexibility index (Phi) is 11.7. The minimum absolute atomic E-state index is 0.118. The van der Waals surface area contributed by atoms with E-state index in [2.05, 4.69) is 295 Å². The summed E-state index contributed by atoms with van der Waals surface area (Å²) in [5, 5.41) is 7.39. The number of anilines is 6. The molecule has 0 bridgehead atoms. The third-order valence-electron chi connectivity index (χ3n) is 15.2. The highest BCUT2D eigenvalue weighted by Crippen LogP contribution is 2.53. The van der Waals surface area contributed by atoms with Gasteiger partial charge in [-0.2, -0.15) is 0 Å². The van der Waals surface area contributed by atoms with Crippen LogP contribution in [0.25, 0.3) is 76.8 Å². The molecule has 0 aliphatic carbocycles. The third kappa shape index (κ3) is 8.37. The molecule has 12 aromatic rings. The van der Waals surface area contributed by atoms with Crippen molar-refractivity contribution in [3.63, 3.8) is 0 Å². The molecule has 2 nitrogen and oxygen atoms in total. The topological polar surface area (TPSA) is 6.48 Å². The lowest BCUT2D eigenvalue weighted by Gasteiger charge is -2.33. The summed E-state index contributed by atoms with van der Waals surface area (Å²) >= 11 is 0. The Balaban J connectivity index is 1.21. The van der Waals surface area contributed by atoms with E-state index in [4.69, 9.17) is 0 Å². The van der Waals surface area contributed by atoms with Gasteiger partial charge >= 0.3 is 0 Å². The van der Waals surface area contributed by atoms with E-state index in [1.807, 2.05) is 0 Å². The number of benzene rings is 12. The number of rotatable bonds is 10. The van der Waals surface area contributed by atoms with Crippen LogP contribution in [0.15, 0.2) is 237 Å². The summed E-state index contributed by atoms with van der Waals surface area (Å²) in [6.45, 7) is 16.1. The fourth-order valence-electron chi connectivity index (χ4n) is 11.1. The fraction of sp³-hybridized carbons (Fsp3) is 0.111. The van der Waals surface area contributed by atoms with E-state index < -0.39 is 0 Å². The van der Waals surface area contributed by atoms with E-state index in [1.165, 1.54) is 105 Å². The summed E-state index contributed by atoms with van der Waals surface area (Å²) in [6, 6.07) is 88.0. The van der Waals surface area contributed by atoms with Gasteiger partial charge < -0.3 is 9.80 Å². The summed E-state index contributed by atoms with van der Waals surface area (Å²) in [5.41, 5.74) is 22.3. The molecule has 0 heterocycles. The molecule has 0 aromatic heterocycles. The van der Waals surface area contributed by atoms with Gasteiger partial charge in [-0.15, -0.1) is 0 Å². The fourth-order valence-corrected chi connectivity index (χ4v) is 11.1. The van der Waals surface area contributed by atoms with Crippen molar-refractivity contribution in [2.24, 2.45) is 0 Å². The lowest BCUT2D eigenvalue weighted by atomic mass is 9.82. The van der Waals surface area contributed by atoms with Crippen LogP contribution in [-0.4, -0.2) is 0 Å². The second-order valence-corrected chi connectivity index (χ2v) is 21.2. The van der Waals surface area contributed by atoms with E-state index in [1.54, 1.807) is 0 Å². The summed E-state index contributed by atoms with van der Waals surface area (Å²) in [4.78, 5) is 5.14. The van der Waals surface area contributed by atoms with Crippen molar-refractivity contribution in [2.75, 3.05) is 9.80 Å². The summed E-state index contributed by atoms with van der Waals surface area (Å²) in [6.07, 6.45) is 0. The van der Waals surface area contributed by atoms with Gasteiger partial charge in [-0.25, -0.2) is 0 Å². The van der Waals surface area contributed by atoms with Crippen LogP contribution in [0, 0.1) is 27.7 Å². The molecule has 0 spiro atoms. The molecule has 0 saturated heterocycles. The summed E-state index contributed by atoms with van der Waals surface area (Å²) < 4.78 is 0. The molecule has 2 heteroatoms. The first-order valence-electron chi connectivity index (χ1n) is 26.0. The number of nitrogens with zero attached hydrogens (tertiary/aromatic N) is 2. The molecule has 0 saturated carbocycles. The van der Waals surface area contributed by atoms with Gasteiger partial charge in [-0.1, -0.05) is 221 Å². The second kappa shape index (κ2) is 18.7. The van der Waals surface area contributed by atoms with Gasteiger partial charge in [0.15, 0.2) is 0 Å². The normalized spacial score (nSPS) is 11.7. The predicted octanol–water partition coefficient (Wildman–Crippen LogP) is 20.7. The van der Waals surface area contributed by atoms with Crippen LogP contribution in [0.4, 0.5) is 34.1 Å². The Bertz CT molecular complexity index is 3590. The van der Waals surface area contributed by atoms with Gasteiger partial charge in [-0.3, -0.25) is 0 Å². The van der Waals surface area contributed by atoms with Crippen molar-refractivity contribution >= 4 is 66.4 Å². The van der Waals surface area contributed by atoms with E-state index in [-0.39, 0.29) is 5.41 Å². The van der Waals surface area contributed by atoms with Gasteiger partial charge in [0.05, 0.1) is 11.4 Å². The van der Waals surface area contributed by atoms with Crippen LogP contribution in [-0.2, 0) is 5.41 Å². The summed E-state index contributed by atoms with van der Waals surface area (Å²) in [5.74, 6) is 0. The van der Waals surface area contributed by atoms with Crippen molar-refractivity contribution in [1.82, 2.24) is 0 Å². The summed E-state index contributed by atoms with van der Waals surface area (Å²) in [7, 11) is 0. The van der Waals surface area contributed by atoms with Crippen LogP contribution in [0.1, 0.15) is 48.6 Å². The lowest BCUT2D eigenvalue weighted by molar-refractivity contribution is 0.591. The Labute approximate surface area is 436 Å². The molecule has 74 heavy (non-hydrogen) atoms. The number of hydrogen-bond donors (Lipinski definition) is 0. The highest BCUT2D eigenvalue weighted by atomic mass is 15.2. The zero-order valence-corrected chi connectivity index (χ0v) is 43.4. The largest absolute Gasteiger partial charge is 0.309 e. The van der Waals surface area contributed by atoms with Crippen LogP contribution in [0.3, 0.4) is 0 Å². The maximum atomic E-state index is 2.57. The Morgan fingerprint density at radius 2 is 0.554 bits per heavy atom. The number of aryl methyl sites for hydroxylation is 4. The molecular weight excluding hydrogens is 893 g/mol. The molecule has 0 unspecified atom stereocenters. The van der Waals surface area contributed by atoms with Crippen molar-refractivity contribution in [3.05, 3.63) is 264 Å². The molecule has 0 radical (unpaired) electrons. The van der Waals surface area contributed by atoms with Crippen LogP contribution in [0.5, 0.6) is 0 Å². The Morgan fingerprint density at radius 3 is 0.838 bits per heavy atom. The quantitative estimate of drug-likeness (QED) is 0.126. The first-order chi connectivity index (χ1) is 36.0. The van der Waals surface area contributed by atoms with Gasteiger partial charge in [-0.05, 0) is 158 Å². The first-order valence-corrected chi connectivity index (χ1v) is 26.0. The minimum Gasteiger partial charge on any atom is -0.309 e. The monoisotopic (exact) mass is 952 g/mol. The molecule has 0 amide bonds. The molecule has 0 atom stereocenters. The molecular formula is C72H60N2. The molecule has 358 valence electrons. The number of hydrogen-bond acceptors (Lipinski definition) is 2. The second-order valence-electron chi connectivity index (χ2n) is 21.2. The van der Waals surface area contributed by atoms with Crippen molar-refractivity contribution in [2.45, 2.75) is 53.9 Å². The highest BCUT2D eigenvalue weighted by Gasteiger charge is 2.28. The van der Waals surface area contributed by atoms with Gasteiger partial charge in [0, 0.05) is 38.9 Å². The predicted molar refractivity (Wildman–Crippen MR) is 319 cm³/mol. The SMILES string of the molecule is Cc1ccc(-c2ccccc2)cc1N(c1cc(-c2ccccc2)ccc1C)c1cc2cc(C(C)(C)C)cc3cc(N(c4cc(-c5ccccc5)ccc4C)c4cc(-c5ccccc5)ccc4C)c4cccc1c4c23. The average Bonchev–Trinajstić information content (AvgIpc) is 3.43. The van der Waals surface area contributed by atoms with Gasteiger partial charge in [0.2, 0.25) is 0 Å². The lowest BCUT2D eigenvalue weighted by Crippen LogP contribution is -2.16. The third-order valence-corrected chi connectivity index (χ3v) is 15.2. The maximum Gasteiger partial charge on any atom is 0.0546 e. The first kappa shape index (κ1) is 46.4. The molecule has 0 fully saturated rings. The average molecular weight is 953 g/mol. The Morgan fingerprint density at radius 1 is 0.257 bits per heavy atom. The standard InChI is InChI=1S/C72H60N2/c1-47-31-35-55(51-21-12-8-13-22-51)41-64(47)73(65-42-56(36-32-48(65)2)52-23-14-9-15-24-52)68-45-59-39-61(72(5,6)7)40-60-46-69(63-30-20-29-62(68)71(63)70(59)60)74(66-43-57(37-33-49(66)3)53-25-16-10-17-26-53)67-44-58(38-34-50(67)4)54-27-18-11-19-28-54/h8-46H,1-7H3. The van der Waals surface area contributed by atoms with E-state index >= 15 is 0 Å². The zero-order chi connectivity index (χ0) is 50.7. The van der Waals surface area contributed by atoms with E-state index in [0.717, 1.165) is 34.1 Å². The molecule has 0 N–H and O–H groups in total. The Hall–Kier alpha value is -8.72. The van der Waals surface area contributed by atoms with Crippen LogP contribution < -0.4 is 9.80 Å². The molecule has 0 aliphatic rings. The van der Waals surface area contributed by atoms with Crippen molar-refractivity contribution in [3.8, 4) is 44.5 Å².